The summed E-state index contributed by atoms with van der Waals surface area (Å²) < 4.78 is 2.01. The fourth-order valence-electron chi connectivity index (χ4n) is 3.81. The second-order valence-corrected chi connectivity index (χ2v) is 7.02. The minimum absolute atomic E-state index is 0.0263. The van der Waals surface area contributed by atoms with Gasteiger partial charge in [-0.25, -0.2) is 0 Å². The van der Waals surface area contributed by atoms with Gasteiger partial charge in [-0.15, -0.1) is 0 Å². The average Bonchev–Trinajstić information content (AvgIpc) is 3.04. The van der Waals surface area contributed by atoms with Crippen LogP contribution < -0.4 is 10.2 Å². The highest BCUT2D eigenvalue weighted by Crippen LogP contribution is 2.23. The molecule has 1 N–H and O–H groups in total. The van der Waals surface area contributed by atoms with Crippen molar-refractivity contribution in [3.63, 3.8) is 0 Å². The molecule has 0 atom stereocenters. The number of nitrogens with zero attached hydrogens (tertiary/aromatic N) is 3. The predicted molar refractivity (Wildman–Crippen MR) is 104 cm³/mol. The van der Waals surface area contributed by atoms with Gasteiger partial charge in [0.15, 0.2) is 0 Å². The maximum absolute atomic E-state index is 12.7. The van der Waals surface area contributed by atoms with Gasteiger partial charge in [0.25, 0.3) is 5.91 Å². The molecule has 3 heterocycles. The quantitative estimate of drug-likeness (QED) is 0.788. The molecule has 1 aromatic carbocycles. The third-order valence-corrected chi connectivity index (χ3v) is 5.34. The summed E-state index contributed by atoms with van der Waals surface area (Å²) in [6.07, 6.45) is 7.79. The first-order chi connectivity index (χ1) is 12.7. The van der Waals surface area contributed by atoms with Crippen LogP contribution >= 0.6 is 0 Å². The highest BCUT2D eigenvalue weighted by molar-refractivity contribution is 6.06. The SMILES string of the molecule is Cn1cc(C(=O)NCC2CCN(c3ccncc3)CC2)c2ccccc21. The van der Waals surface area contributed by atoms with Crippen LogP contribution in [0.25, 0.3) is 10.9 Å². The third-order valence-electron chi connectivity index (χ3n) is 5.34. The normalized spacial score (nSPS) is 15.3. The van der Waals surface area contributed by atoms with Crippen LogP contribution in [0.1, 0.15) is 23.2 Å². The first kappa shape index (κ1) is 16.6. The van der Waals surface area contributed by atoms with Gasteiger partial charge in [0.05, 0.1) is 5.56 Å². The molecular formula is C21H24N4O. The maximum atomic E-state index is 12.7. The van der Waals surface area contributed by atoms with E-state index >= 15 is 0 Å². The standard InChI is InChI=1S/C21H24N4O/c1-24-15-19(18-4-2-3-5-20(18)24)21(26)23-14-16-8-12-25(13-9-16)17-6-10-22-11-7-17/h2-7,10-11,15-16H,8-9,12-14H2,1H3,(H,23,26). The molecule has 0 spiro atoms. The summed E-state index contributed by atoms with van der Waals surface area (Å²) in [6.45, 7) is 2.80. The van der Waals surface area contributed by atoms with Crippen molar-refractivity contribution in [1.82, 2.24) is 14.9 Å². The topological polar surface area (TPSA) is 50.2 Å². The predicted octanol–water partition coefficient (Wildman–Crippen LogP) is 3.22. The van der Waals surface area contributed by atoms with Crippen LogP contribution in [0.5, 0.6) is 0 Å². The number of anilines is 1. The van der Waals surface area contributed by atoms with Crippen molar-refractivity contribution in [2.45, 2.75) is 12.8 Å². The number of amides is 1. The Bertz CT molecular complexity index is 895. The number of aryl methyl sites for hydroxylation is 1. The molecular weight excluding hydrogens is 324 g/mol. The molecule has 1 amide bonds. The molecule has 0 radical (unpaired) electrons. The molecule has 2 aromatic heterocycles. The van der Waals surface area contributed by atoms with Gasteiger partial charge in [0.2, 0.25) is 0 Å². The number of hydrogen-bond acceptors (Lipinski definition) is 3. The number of benzene rings is 1. The van der Waals surface area contributed by atoms with E-state index in [1.165, 1.54) is 5.69 Å². The fourth-order valence-corrected chi connectivity index (χ4v) is 3.81. The molecule has 5 nitrogen and oxygen atoms in total. The Balaban J connectivity index is 1.34. The van der Waals surface area contributed by atoms with Gasteiger partial charge in [-0.3, -0.25) is 9.78 Å². The number of pyridine rings is 1. The minimum Gasteiger partial charge on any atom is -0.371 e. The highest BCUT2D eigenvalue weighted by atomic mass is 16.1. The number of piperidine rings is 1. The van der Waals surface area contributed by atoms with E-state index < -0.39 is 0 Å². The first-order valence-electron chi connectivity index (χ1n) is 9.19. The molecule has 1 saturated heterocycles. The lowest BCUT2D eigenvalue weighted by Crippen LogP contribution is -2.38. The van der Waals surface area contributed by atoms with Gasteiger partial charge in [-0.05, 0) is 37.0 Å². The second-order valence-electron chi connectivity index (χ2n) is 7.02. The zero-order valence-corrected chi connectivity index (χ0v) is 15.1. The van der Waals surface area contributed by atoms with Crippen LogP contribution in [0.4, 0.5) is 5.69 Å². The maximum Gasteiger partial charge on any atom is 0.253 e. The van der Waals surface area contributed by atoms with E-state index in [1.54, 1.807) is 0 Å². The van der Waals surface area contributed by atoms with Gasteiger partial charge in [-0.2, -0.15) is 0 Å². The summed E-state index contributed by atoms with van der Waals surface area (Å²) in [5, 5.41) is 4.16. The molecule has 1 aliphatic heterocycles. The largest absolute Gasteiger partial charge is 0.371 e. The van der Waals surface area contributed by atoms with Crippen LogP contribution in [-0.2, 0) is 7.05 Å². The van der Waals surface area contributed by atoms with Crippen molar-refractivity contribution < 1.29 is 4.79 Å². The van der Waals surface area contributed by atoms with Crippen molar-refractivity contribution in [3.8, 4) is 0 Å². The Morgan fingerprint density at radius 2 is 1.88 bits per heavy atom. The van der Waals surface area contributed by atoms with Crippen LogP contribution in [-0.4, -0.2) is 35.1 Å². The summed E-state index contributed by atoms with van der Waals surface area (Å²) in [6, 6.07) is 12.2. The Morgan fingerprint density at radius 3 is 2.65 bits per heavy atom. The van der Waals surface area contributed by atoms with E-state index in [1.807, 2.05) is 54.5 Å². The van der Waals surface area contributed by atoms with E-state index in [2.05, 4.69) is 27.3 Å². The molecule has 3 aromatic rings. The van der Waals surface area contributed by atoms with E-state index in [0.29, 0.717) is 5.92 Å². The van der Waals surface area contributed by atoms with Crippen LogP contribution in [0, 0.1) is 5.92 Å². The number of fused-ring (bicyclic) bond motifs is 1. The van der Waals surface area contributed by atoms with Gasteiger partial charge in [0, 0.05) is 61.9 Å². The molecule has 1 aliphatic rings. The molecule has 134 valence electrons. The van der Waals surface area contributed by atoms with Crippen molar-refractivity contribution >= 4 is 22.5 Å². The highest BCUT2D eigenvalue weighted by Gasteiger charge is 2.21. The minimum atomic E-state index is 0.0263. The Kier molecular flexibility index (Phi) is 4.61. The second kappa shape index (κ2) is 7.20. The van der Waals surface area contributed by atoms with E-state index in [-0.39, 0.29) is 5.91 Å². The number of carbonyl (C=O) groups is 1. The van der Waals surface area contributed by atoms with Crippen molar-refractivity contribution in [3.05, 3.63) is 60.6 Å². The van der Waals surface area contributed by atoms with E-state index in [9.17, 15) is 4.79 Å². The number of carbonyl (C=O) groups excluding carboxylic acids is 1. The van der Waals surface area contributed by atoms with Crippen molar-refractivity contribution in [2.24, 2.45) is 13.0 Å². The summed E-state index contributed by atoms with van der Waals surface area (Å²) in [5.41, 5.74) is 3.08. The lowest BCUT2D eigenvalue weighted by molar-refractivity contribution is 0.0946. The summed E-state index contributed by atoms with van der Waals surface area (Å²) >= 11 is 0. The number of rotatable bonds is 4. The van der Waals surface area contributed by atoms with Gasteiger partial charge >= 0.3 is 0 Å². The molecule has 5 heteroatoms. The van der Waals surface area contributed by atoms with Crippen molar-refractivity contribution in [1.29, 1.82) is 0 Å². The summed E-state index contributed by atoms with van der Waals surface area (Å²) in [7, 11) is 1.98. The summed E-state index contributed by atoms with van der Waals surface area (Å²) in [4.78, 5) is 19.1. The summed E-state index contributed by atoms with van der Waals surface area (Å²) in [5.74, 6) is 0.561. The van der Waals surface area contributed by atoms with E-state index in [4.69, 9.17) is 0 Å². The van der Waals surface area contributed by atoms with Crippen LogP contribution in [0.3, 0.4) is 0 Å². The molecule has 0 bridgehead atoms. The van der Waals surface area contributed by atoms with E-state index in [0.717, 1.165) is 48.9 Å². The van der Waals surface area contributed by atoms with Crippen LogP contribution in [0.2, 0.25) is 0 Å². The lowest BCUT2D eigenvalue weighted by atomic mass is 9.96. The van der Waals surface area contributed by atoms with Crippen LogP contribution in [0.15, 0.2) is 55.0 Å². The number of aromatic nitrogens is 2. The molecule has 0 saturated carbocycles. The fraction of sp³-hybridized carbons (Fsp3) is 0.333. The average molecular weight is 348 g/mol. The Labute approximate surface area is 153 Å². The first-order valence-corrected chi connectivity index (χ1v) is 9.19. The molecule has 26 heavy (non-hydrogen) atoms. The molecule has 4 rings (SSSR count). The molecule has 0 aliphatic carbocycles. The van der Waals surface area contributed by atoms with Gasteiger partial charge in [-0.1, -0.05) is 18.2 Å². The number of hydrogen-bond donors (Lipinski definition) is 1. The Morgan fingerprint density at radius 1 is 1.15 bits per heavy atom. The monoisotopic (exact) mass is 348 g/mol. The zero-order chi connectivity index (χ0) is 17.9. The lowest BCUT2D eigenvalue weighted by Gasteiger charge is -2.33. The molecule has 0 unspecified atom stereocenters. The number of para-hydroxylation sites is 1. The Hall–Kier alpha value is -2.82. The van der Waals surface area contributed by atoms with Crippen molar-refractivity contribution in [2.75, 3.05) is 24.5 Å². The smallest absolute Gasteiger partial charge is 0.253 e. The number of nitrogens with one attached hydrogen (secondary N) is 1. The third kappa shape index (κ3) is 3.29. The molecule has 1 fully saturated rings. The van der Waals surface area contributed by atoms with Gasteiger partial charge in [0.1, 0.15) is 0 Å². The zero-order valence-electron chi connectivity index (χ0n) is 15.1. The van der Waals surface area contributed by atoms with Gasteiger partial charge < -0.3 is 14.8 Å².